The van der Waals surface area contributed by atoms with Crippen molar-refractivity contribution in [3.05, 3.63) is 47.0 Å². The molecule has 0 radical (unpaired) electrons. The zero-order chi connectivity index (χ0) is 14.4. The molecular formula is C17H19N2S+. The van der Waals surface area contributed by atoms with Crippen LogP contribution in [0.5, 0.6) is 0 Å². The summed E-state index contributed by atoms with van der Waals surface area (Å²) < 4.78 is 3.61. The van der Waals surface area contributed by atoms with E-state index in [0.29, 0.717) is 0 Å². The lowest BCUT2D eigenvalue weighted by atomic mass is 10.0. The smallest absolute Gasteiger partial charge is 0.270 e. The fourth-order valence-corrected chi connectivity index (χ4v) is 3.90. The quantitative estimate of drug-likeness (QED) is 0.533. The number of hydrogen-bond donors (Lipinski definition) is 1. The van der Waals surface area contributed by atoms with Crippen LogP contribution in [-0.4, -0.2) is 0 Å². The van der Waals surface area contributed by atoms with Crippen LogP contribution in [0.3, 0.4) is 0 Å². The summed E-state index contributed by atoms with van der Waals surface area (Å²) in [5.74, 6) is 0. The molecule has 20 heavy (non-hydrogen) atoms. The van der Waals surface area contributed by atoms with E-state index in [-0.39, 0.29) is 0 Å². The number of fused-ring (bicyclic) bond motifs is 1. The second-order valence-electron chi connectivity index (χ2n) is 5.39. The van der Waals surface area contributed by atoms with Gasteiger partial charge in [0.2, 0.25) is 5.52 Å². The van der Waals surface area contributed by atoms with Crippen molar-refractivity contribution in [3.63, 3.8) is 0 Å². The molecule has 0 fully saturated rings. The van der Waals surface area contributed by atoms with Crippen molar-refractivity contribution in [2.24, 2.45) is 7.05 Å². The Morgan fingerprint density at radius 3 is 2.50 bits per heavy atom. The minimum Gasteiger partial charge on any atom is -0.399 e. The van der Waals surface area contributed by atoms with E-state index in [1.807, 2.05) is 17.4 Å². The van der Waals surface area contributed by atoms with Gasteiger partial charge in [-0.05, 0) is 55.7 Å². The van der Waals surface area contributed by atoms with Crippen LogP contribution in [0, 0.1) is 20.8 Å². The Kier molecular flexibility index (Phi) is 3.02. The van der Waals surface area contributed by atoms with Gasteiger partial charge in [-0.3, -0.25) is 0 Å². The number of aromatic nitrogens is 1. The van der Waals surface area contributed by atoms with Crippen molar-refractivity contribution in [1.82, 2.24) is 0 Å². The van der Waals surface area contributed by atoms with Crippen LogP contribution in [0.2, 0.25) is 0 Å². The van der Waals surface area contributed by atoms with Crippen molar-refractivity contribution >= 4 is 27.2 Å². The number of hydrogen-bond acceptors (Lipinski definition) is 2. The molecule has 1 aromatic heterocycles. The van der Waals surface area contributed by atoms with Gasteiger partial charge in [0.05, 0.1) is 5.56 Å². The molecule has 2 nitrogen and oxygen atoms in total. The summed E-state index contributed by atoms with van der Waals surface area (Å²) in [6.07, 6.45) is 0. The second kappa shape index (κ2) is 4.60. The molecule has 3 rings (SSSR count). The number of nitrogens with zero attached hydrogens (tertiary/aromatic N) is 1. The molecule has 0 aliphatic carbocycles. The third-order valence-corrected chi connectivity index (χ3v) is 5.28. The minimum absolute atomic E-state index is 0.867. The maximum atomic E-state index is 6.00. The average molecular weight is 283 g/mol. The molecule has 0 saturated heterocycles. The fraction of sp³-hybridized carbons (Fsp3) is 0.235. The van der Waals surface area contributed by atoms with Gasteiger partial charge in [-0.15, -0.1) is 0 Å². The van der Waals surface area contributed by atoms with Gasteiger partial charge in [0.1, 0.15) is 11.7 Å². The highest BCUT2D eigenvalue weighted by molar-refractivity contribution is 7.21. The van der Waals surface area contributed by atoms with Crippen LogP contribution in [-0.2, 0) is 7.05 Å². The summed E-state index contributed by atoms with van der Waals surface area (Å²) in [6, 6.07) is 10.8. The Balaban J connectivity index is 2.30. The number of nitrogens with two attached hydrogens (primary N) is 1. The first-order valence-electron chi connectivity index (χ1n) is 6.74. The van der Waals surface area contributed by atoms with E-state index >= 15 is 0 Å². The summed E-state index contributed by atoms with van der Waals surface area (Å²) in [6.45, 7) is 6.37. The minimum atomic E-state index is 0.867. The molecule has 0 spiro atoms. The van der Waals surface area contributed by atoms with Crippen LogP contribution < -0.4 is 10.3 Å². The maximum Gasteiger partial charge on any atom is 0.270 e. The van der Waals surface area contributed by atoms with Gasteiger partial charge in [-0.25, -0.2) is 0 Å². The Morgan fingerprint density at radius 2 is 1.75 bits per heavy atom. The van der Waals surface area contributed by atoms with E-state index < -0.39 is 0 Å². The van der Waals surface area contributed by atoms with Crippen LogP contribution in [0.15, 0.2) is 30.3 Å². The molecule has 0 aliphatic heterocycles. The molecule has 0 amide bonds. The Labute approximate surface area is 123 Å². The van der Waals surface area contributed by atoms with E-state index in [1.165, 1.54) is 37.5 Å². The Bertz CT molecular complexity index is 815. The van der Waals surface area contributed by atoms with E-state index in [1.54, 1.807) is 0 Å². The number of nitrogen functional groups attached to an aromatic ring is 1. The third kappa shape index (κ3) is 1.90. The number of anilines is 1. The van der Waals surface area contributed by atoms with Gasteiger partial charge in [0.25, 0.3) is 5.01 Å². The number of aryl methyl sites for hydroxylation is 2. The summed E-state index contributed by atoms with van der Waals surface area (Å²) in [5, 5.41) is 1.28. The molecule has 0 aliphatic rings. The molecule has 0 atom stereocenters. The molecule has 3 aromatic rings. The molecular weight excluding hydrogens is 264 g/mol. The highest BCUT2D eigenvalue weighted by Crippen LogP contribution is 2.33. The molecule has 0 saturated carbocycles. The summed E-state index contributed by atoms with van der Waals surface area (Å²) >= 11 is 1.84. The van der Waals surface area contributed by atoms with Crippen molar-refractivity contribution < 1.29 is 4.57 Å². The molecule has 1 heterocycles. The second-order valence-corrected chi connectivity index (χ2v) is 6.42. The van der Waals surface area contributed by atoms with Crippen molar-refractivity contribution in [2.45, 2.75) is 20.8 Å². The Morgan fingerprint density at radius 1 is 1.00 bits per heavy atom. The van der Waals surface area contributed by atoms with E-state index in [0.717, 1.165) is 5.69 Å². The molecule has 2 aromatic carbocycles. The maximum absolute atomic E-state index is 6.00. The predicted octanol–water partition coefficient (Wildman–Crippen LogP) is 3.90. The standard InChI is InChI=1S/C17H18N2S/c1-10-5-8-15-16(9-10)20-17(19(15)4)13-6-7-14(18)12(3)11(13)2/h5-9,18H,1-4H3/p+1. The van der Waals surface area contributed by atoms with Crippen molar-refractivity contribution in [3.8, 4) is 10.6 Å². The average Bonchev–Trinajstić information content (AvgIpc) is 2.73. The lowest BCUT2D eigenvalue weighted by Crippen LogP contribution is -2.28. The lowest BCUT2D eigenvalue weighted by Gasteiger charge is -2.07. The largest absolute Gasteiger partial charge is 0.399 e. The summed E-state index contributed by atoms with van der Waals surface area (Å²) in [4.78, 5) is 0. The van der Waals surface area contributed by atoms with E-state index in [9.17, 15) is 0 Å². The number of benzene rings is 2. The summed E-state index contributed by atoms with van der Waals surface area (Å²) in [5.41, 5.74) is 13.2. The molecule has 0 bridgehead atoms. The zero-order valence-electron chi connectivity index (χ0n) is 12.3. The lowest BCUT2D eigenvalue weighted by molar-refractivity contribution is -0.629. The molecule has 3 heteroatoms. The van der Waals surface area contributed by atoms with E-state index in [2.05, 4.69) is 56.7 Å². The monoisotopic (exact) mass is 283 g/mol. The SMILES string of the molecule is Cc1ccc2c(c1)sc(-c1ccc(N)c(C)c1C)[n+]2C. The van der Waals surface area contributed by atoms with E-state index in [4.69, 9.17) is 5.73 Å². The van der Waals surface area contributed by atoms with Crippen LogP contribution >= 0.6 is 11.3 Å². The molecule has 2 N–H and O–H groups in total. The van der Waals surface area contributed by atoms with Gasteiger partial charge < -0.3 is 5.73 Å². The first kappa shape index (κ1) is 13.1. The van der Waals surface area contributed by atoms with Gasteiger partial charge in [-0.1, -0.05) is 17.4 Å². The van der Waals surface area contributed by atoms with Gasteiger partial charge in [0, 0.05) is 11.8 Å². The summed E-state index contributed by atoms with van der Waals surface area (Å²) in [7, 11) is 2.13. The zero-order valence-corrected chi connectivity index (χ0v) is 13.1. The normalized spacial score (nSPS) is 11.2. The van der Waals surface area contributed by atoms with Crippen LogP contribution in [0.4, 0.5) is 5.69 Å². The number of rotatable bonds is 1. The molecule has 0 unspecified atom stereocenters. The van der Waals surface area contributed by atoms with Gasteiger partial charge >= 0.3 is 0 Å². The van der Waals surface area contributed by atoms with Gasteiger partial charge in [0.15, 0.2) is 0 Å². The first-order chi connectivity index (χ1) is 9.49. The topological polar surface area (TPSA) is 29.9 Å². The Hall–Kier alpha value is -1.87. The van der Waals surface area contributed by atoms with Crippen molar-refractivity contribution in [2.75, 3.05) is 5.73 Å². The van der Waals surface area contributed by atoms with Crippen LogP contribution in [0.25, 0.3) is 20.8 Å². The number of thiazole rings is 1. The third-order valence-electron chi connectivity index (χ3n) is 4.05. The predicted molar refractivity (Wildman–Crippen MR) is 87.1 cm³/mol. The molecule has 102 valence electrons. The van der Waals surface area contributed by atoms with Crippen LogP contribution in [0.1, 0.15) is 16.7 Å². The van der Waals surface area contributed by atoms with Crippen molar-refractivity contribution in [1.29, 1.82) is 0 Å². The fourth-order valence-electron chi connectivity index (χ4n) is 2.57. The van der Waals surface area contributed by atoms with Gasteiger partial charge in [-0.2, -0.15) is 4.57 Å². The highest BCUT2D eigenvalue weighted by Gasteiger charge is 2.21. The first-order valence-corrected chi connectivity index (χ1v) is 7.56. The highest BCUT2D eigenvalue weighted by atomic mass is 32.1.